The number of fused-ring (bicyclic) bond motifs is 1. The van der Waals surface area contributed by atoms with Crippen molar-refractivity contribution in [3.8, 4) is 0 Å². The Morgan fingerprint density at radius 3 is 2.54 bits per heavy atom. The van der Waals surface area contributed by atoms with Gasteiger partial charge in [0, 0.05) is 29.4 Å². The number of sulfonamides is 1. The largest absolute Gasteiger partial charge is 0.253 e. The van der Waals surface area contributed by atoms with E-state index < -0.39 is 16.1 Å². The second-order valence-corrected chi connectivity index (χ2v) is 8.33. The van der Waals surface area contributed by atoms with Gasteiger partial charge in [-0.05, 0) is 23.8 Å². The summed E-state index contributed by atoms with van der Waals surface area (Å²) >= 11 is 6.27. The third-order valence-corrected chi connectivity index (χ3v) is 5.62. The van der Waals surface area contributed by atoms with Gasteiger partial charge in [0.05, 0.1) is 29.0 Å². The van der Waals surface area contributed by atoms with E-state index in [4.69, 9.17) is 11.6 Å². The van der Waals surface area contributed by atoms with E-state index in [1.54, 1.807) is 18.5 Å². The van der Waals surface area contributed by atoms with Crippen LogP contribution >= 0.6 is 11.6 Å². The third kappa shape index (κ3) is 3.04. The Morgan fingerprint density at radius 2 is 1.81 bits per heavy atom. The lowest BCUT2D eigenvalue weighted by molar-refractivity contribution is 0.375. The van der Waals surface area contributed by atoms with E-state index in [0.717, 1.165) is 27.3 Å². The van der Waals surface area contributed by atoms with Gasteiger partial charge in [0.25, 0.3) is 0 Å². The van der Waals surface area contributed by atoms with E-state index in [0.29, 0.717) is 22.7 Å². The van der Waals surface area contributed by atoms with Crippen LogP contribution in [0.1, 0.15) is 23.6 Å². The van der Waals surface area contributed by atoms with Gasteiger partial charge in [-0.3, -0.25) is 9.97 Å². The number of halogens is 1. The number of benzene rings is 2. The normalized spacial score (nSPS) is 17.5. The second-order valence-electron chi connectivity index (χ2n) is 6.09. The molecule has 0 fully saturated rings. The summed E-state index contributed by atoms with van der Waals surface area (Å²) in [6.45, 7) is 0. The minimum absolute atomic E-state index is 0.433. The van der Waals surface area contributed by atoms with Gasteiger partial charge in [0.1, 0.15) is 0 Å². The maximum absolute atomic E-state index is 12.3. The average molecular weight is 387 g/mol. The molecule has 2 heterocycles. The van der Waals surface area contributed by atoms with Crippen LogP contribution in [-0.2, 0) is 10.0 Å². The molecule has 1 aromatic heterocycles. The molecular weight excluding hydrogens is 372 g/mol. The van der Waals surface area contributed by atoms with E-state index in [9.17, 15) is 8.42 Å². The molecule has 0 spiro atoms. The summed E-state index contributed by atoms with van der Waals surface area (Å²) in [4.78, 5) is 8.55. The lowest BCUT2D eigenvalue weighted by Crippen LogP contribution is -2.25. The smallest absolute Gasteiger partial charge is 0.247 e. The van der Waals surface area contributed by atoms with Gasteiger partial charge in [-0.25, -0.2) is 8.42 Å². The van der Waals surface area contributed by atoms with Crippen molar-refractivity contribution in [1.82, 2.24) is 14.4 Å². The lowest BCUT2D eigenvalue weighted by Gasteiger charge is -2.21. The van der Waals surface area contributed by atoms with Crippen molar-refractivity contribution in [2.45, 2.75) is 12.5 Å². The van der Waals surface area contributed by atoms with E-state index in [2.05, 4.69) is 15.1 Å². The quantitative estimate of drug-likeness (QED) is 0.691. The summed E-state index contributed by atoms with van der Waals surface area (Å²) in [5, 5.41) is 4.92. The fraction of sp³-hybridized carbons (Fsp3) is 0.167. The lowest BCUT2D eigenvalue weighted by atomic mass is 9.98. The number of nitrogens with zero attached hydrogens (tertiary/aromatic N) is 4. The molecule has 6 nitrogen and oxygen atoms in total. The zero-order chi connectivity index (χ0) is 18.3. The first-order chi connectivity index (χ1) is 12.4. The molecule has 8 heteroatoms. The predicted molar refractivity (Wildman–Crippen MR) is 102 cm³/mol. The second kappa shape index (κ2) is 6.34. The number of aromatic nitrogens is 2. The molecule has 0 aliphatic carbocycles. The van der Waals surface area contributed by atoms with Gasteiger partial charge in [0.2, 0.25) is 10.0 Å². The number of rotatable bonds is 3. The molecular formula is C18H15ClN4O2S. The monoisotopic (exact) mass is 386 g/mol. The molecule has 0 bridgehead atoms. The summed E-state index contributed by atoms with van der Waals surface area (Å²) in [7, 11) is -3.54. The zero-order valence-corrected chi connectivity index (χ0v) is 15.4. The molecule has 1 atom stereocenters. The third-order valence-electron chi connectivity index (χ3n) is 4.28. The van der Waals surface area contributed by atoms with Crippen molar-refractivity contribution in [2.75, 3.05) is 6.26 Å². The van der Waals surface area contributed by atoms with Crippen molar-refractivity contribution in [3.05, 3.63) is 71.0 Å². The summed E-state index contributed by atoms with van der Waals surface area (Å²) in [6.07, 6.45) is 4.82. The molecule has 2 aromatic carbocycles. The van der Waals surface area contributed by atoms with Crippen LogP contribution in [0.15, 0.2) is 60.0 Å². The summed E-state index contributed by atoms with van der Waals surface area (Å²) < 4.78 is 25.8. The Hall–Kier alpha value is -2.51. The molecule has 0 N–H and O–H groups in total. The summed E-state index contributed by atoms with van der Waals surface area (Å²) in [5.74, 6) is 0. The number of hydrogen-bond donors (Lipinski definition) is 0. The minimum Gasteiger partial charge on any atom is -0.253 e. The molecule has 4 rings (SSSR count). The molecule has 0 amide bonds. The molecule has 3 aromatic rings. The van der Waals surface area contributed by atoms with Crippen LogP contribution in [0.3, 0.4) is 0 Å². The van der Waals surface area contributed by atoms with Gasteiger partial charge in [-0.15, -0.1) is 0 Å². The van der Waals surface area contributed by atoms with Crippen molar-refractivity contribution in [3.63, 3.8) is 0 Å². The first-order valence-electron chi connectivity index (χ1n) is 7.96. The molecule has 26 heavy (non-hydrogen) atoms. The predicted octanol–water partition coefficient (Wildman–Crippen LogP) is 3.39. The van der Waals surface area contributed by atoms with Crippen LogP contribution in [0.4, 0.5) is 0 Å². The first kappa shape index (κ1) is 16.9. The Kier molecular flexibility index (Phi) is 4.13. The molecule has 0 radical (unpaired) electrons. The SMILES string of the molecule is CS(=O)(=O)N1N=C(c2ccccc2Cl)C[C@H]1c1ccc2nccnc2c1. The van der Waals surface area contributed by atoms with E-state index in [1.807, 2.05) is 36.4 Å². The highest BCUT2D eigenvalue weighted by atomic mass is 35.5. The fourth-order valence-electron chi connectivity index (χ4n) is 3.09. The molecule has 132 valence electrons. The maximum atomic E-state index is 12.3. The van der Waals surface area contributed by atoms with Crippen LogP contribution in [0.2, 0.25) is 5.02 Å². The Morgan fingerprint density at radius 1 is 1.08 bits per heavy atom. The minimum atomic E-state index is -3.54. The fourth-order valence-corrected chi connectivity index (χ4v) is 4.24. The van der Waals surface area contributed by atoms with Crippen molar-refractivity contribution < 1.29 is 8.42 Å². The Bertz CT molecular complexity index is 1130. The topological polar surface area (TPSA) is 75.5 Å². The van der Waals surface area contributed by atoms with Gasteiger partial charge in [0.15, 0.2) is 0 Å². The standard InChI is InChI=1S/C18H15ClN4O2S/c1-26(24,25)23-18(11-16(22-23)13-4-2-3-5-14(13)19)12-6-7-15-17(10-12)21-9-8-20-15/h2-10,18H,11H2,1H3/t18-/m0/s1. The van der Waals surface area contributed by atoms with E-state index in [1.165, 1.54) is 0 Å². The van der Waals surface area contributed by atoms with Gasteiger partial charge in [-0.2, -0.15) is 9.52 Å². The van der Waals surface area contributed by atoms with Crippen molar-refractivity contribution >= 4 is 38.4 Å². The van der Waals surface area contributed by atoms with Crippen molar-refractivity contribution in [1.29, 1.82) is 0 Å². The molecule has 1 aliphatic heterocycles. The summed E-state index contributed by atoms with van der Waals surface area (Å²) in [6, 6.07) is 12.4. The van der Waals surface area contributed by atoms with Gasteiger partial charge >= 0.3 is 0 Å². The van der Waals surface area contributed by atoms with E-state index >= 15 is 0 Å². The molecule has 1 aliphatic rings. The summed E-state index contributed by atoms with van der Waals surface area (Å²) in [5.41, 5.74) is 3.67. The van der Waals surface area contributed by atoms with Gasteiger partial charge < -0.3 is 0 Å². The van der Waals surface area contributed by atoms with Crippen LogP contribution < -0.4 is 0 Å². The van der Waals surface area contributed by atoms with Crippen LogP contribution in [0, 0.1) is 0 Å². The highest BCUT2D eigenvalue weighted by Crippen LogP contribution is 2.36. The van der Waals surface area contributed by atoms with Crippen LogP contribution in [-0.4, -0.2) is 34.8 Å². The molecule has 0 saturated heterocycles. The van der Waals surface area contributed by atoms with Crippen LogP contribution in [0.5, 0.6) is 0 Å². The Balaban J connectivity index is 1.79. The maximum Gasteiger partial charge on any atom is 0.247 e. The zero-order valence-electron chi connectivity index (χ0n) is 13.9. The number of hydrazone groups is 1. The van der Waals surface area contributed by atoms with Crippen molar-refractivity contribution in [2.24, 2.45) is 5.10 Å². The number of hydrogen-bond acceptors (Lipinski definition) is 5. The Labute approximate surface area is 156 Å². The molecule has 0 saturated carbocycles. The first-order valence-corrected chi connectivity index (χ1v) is 10.2. The van der Waals surface area contributed by atoms with Crippen LogP contribution in [0.25, 0.3) is 11.0 Å². The van der Waals surface area contributed by atoms with E-state index in [-0.39, 0.29) is 0 Å². The molecule has 0 unspecified atom stereocenters. The average Bonchev–Trinajstić information content (AvgIpc) is 3.07. The highest BCUT2D eigenvalue weighted by molar-refractivity contribution is 7.88. The highest BCUT2D eigenvalue weighted by Gasteiger charge is 2.35. The van der Waals surface area contributed by atoms with Gasteiger partial charge in [-0.1, -0.05) is 35.9 Å².